The lowest BCUT2D eigenvalue weighted by Gasteiger charge is -2.12. The summed E-state index contributed by atoms with van der Waals surface area (Å²) < 4.78 is 5.53. The van der Waals surface area contributed by atoms with E-state index in [-0.39, 0.29) is 0 Å². The van der Waals surface area contributed by atoms with Crippen molar-refractivity contribution in [2.75, 3.05) is 0 Å². The Kier molecular flexibility index (Phi) is 8.40. The van der Waals surface area contributed by atoms with Gasteiger partial charge < -0.3 is 4.43 Å². The van der Waals surface area contributed by atoms with Crippen LogP contribution in [-0.4, -0.2) is 14.5 Å². The molecule has 0 aliphatic rings. The summed E-state index contributed by atoms with van der Waals surface area (Å²) in [5.41, 5.74) is 0. The molecule has 1 atom stereocenters. The SMILES string of the molecule is CCCCCC[SiH](Cl)OC(C)C. The van der Waals surface area contributed by atoms with Crippen LogP contribution in [0.4, 0.5) is 0 Å². The number of rotatable bonds is 7. The van der Waals surface area contributed by atoms with Crippen molar-refractivity contribution in [3.8, 4) is 0 Å². The third-order valence-corrected chi connectivity index (χ3v) is 4.37. The van der Waals surface area contributed by atoms with Gasteiger partial charge in [-0.2, -0.15) is 0 Å². The zero-order valence-electron chi connectivity index (χ0n) is 8.48. The molecule has 0 aliphatic carbocycles. The van der Waals surface area contributed by atoms with Gasteiger partial charge in [-0.15, -0.1) is 11.1 Å². The third kappa shape index (κ3) is 8.56. The molecule has 1 nitrogen and oxygen atoms in total. The molecule has 0 aliphatic heterocycles. The topological polar surface area (TPSA) is 9.23 Å². The van der Waals surface area contributed by atoms with E-state index in [2.05, 4.69) is 20.8 Å². The Hall–Kier alpha value is 0.467. The normalized spacial score (nSPS) is 13.8. The molecule has 0 bridgehead atoms. The second-order valence-corrected chi connectivity index (χ2v) is 6.57. The molecule has 0 heterocycles. The first-order valence-corrected chi connectivity index (χ1v) is 7.99. The molecule has 0 saturated heterocycles. The van der Waals surface area contributed by atoms with Crippen LogP contribution in [0.5, 0.6) is 0 Å². The monoisotopic (exact) mass is 208 g/mol. The first kappa shape index (κ1) is 12.5. The van der Waals surface area contributed by atoms with E-state index in [1.54, 1.807) is 0 Å². The molecular formula is C9H21ClOSi. The summed E-state index contributed by atoms with van der Waals surface area (Å²) in [4.78, 5) is 0. The van der Waals surface area contributed by atoms with Gasteiger partial charge in [0.2, 0.25) is 0 Å². The third-order valence-electron chi connectivity index (χ3n) is 1.70. The quantitative estimate of drug-likeness (QED) is 0.354. The van der Waals surface area contributed by atoms with Crippen molar-refractivity contribution in [2.24, 2.45) is 0 Å². The molecule has 1 unspecified atom stereocenters. The Bertz CT molecular complexity index is 98.5. The van der Waals surface area contributed by atoms with Crippen LogP contribution in [0.15, 0.2) is 0 Å². The number of hydrogen-bond acceptors (Lipinski definition) is 1. The van der Waals surface area contributed by atoms with Crippen LogP contribution in [0.3, 0.4) is 0 Å². The van der Waals surface area contributed by atoms with Crippen LogP contribution in [0.2, 0.25) is 6.04 Å². The van der Waals surface area contributed by atoms with Crippen molar-refractivity contribution in [3.05, 3.63) is 0 Å². The van der Waals surface area contributed by atoms with Crippen LogP contribution in [0.1, 0.15) is 46.5 Å². The van der Waals surface area contributed by atoms with Crippen LogP contribution in [0.25, 0.3) is 0 Å². The first-order chi connectivity index (χ1) is 5.66. The van der Waals surface area contributed by atoms with Crippen molar-refractivity contribution in [3.63, 3.8) is 0 Å². The van der Waals surface area contributed by atoms with Crippen LogP contribution in [-0.2, 0) is 4.43 Å². The Morgan fingerprint density at radius 3 is 2.42 bits per heavy atom. The maximum Gasteiger partial charge on any atom is 0.274 e. The summed E-state index contributed by atoms with van der Waals surface area (Å²) >= 11 is 6.07. The number of hydrogen-bond donors (Lipinski definition) is 0. The lowest BCUT2D eigenvalue weighted by Crippen LogP contribution is -2.15. The van der Waals surface area contributed by atoms with E-state index in [1.165, 1.54) is 25.7 Å². The van der Waals surface area contributed by atoms with E-state index in [0.717, 1.165) is 6.04 Å². The van der Waals surface area contributed by atoms with Gasteiger partial charge in [-0.05, 0) is 19.9 Å². The van der Waals surface area contributed by atoms with Gasteiger partial charge in [0, 0.05) is 6.10 Å². The molecule has 0 fully saturated rings. The zero-order chi connectivity index (χ0) is 9.40. The molecule has 0 aromatic heterocycles. The largest absolute Gasteiger partial charge is 0.403 e. The second-order valence-electron chi connectivity index (χ2n) is 3.44. The van der Waals surface area contributed by atoms with Crippen molar-refractivity contribution >= 4 is 19.4 Å². The van der Waals surface area contributed by atoms with E-state index in [4.69, 9.17) is 15.5 Å². The Balaban J connectivity index is 3.14. The average molecular weight is 209 g/mol. The van der Waals surface area contributed by atoms with Gasteiger partial charge in [0.15, 0.2) is 0 Å². The smallest absolute Gasteiger partial charge is 0.274 e. The molecule has 74 valence electrons. The molecule has 3 heteroatoms. The van der Waals surface area contributed by atoms with Crippen LogP contribution >= 0.6 is 11.1 Å². The minimum absolute atomic E-state index is 0.311. The zero-order valence-corrected chi connectivity index (χ0v) is 10.4. The fourth-order valence-corrected chi connectivity index (χ4v) is 3.51. The molecule has 12 heavy (non-hydrogen) atoms. The predicted molar refractivity (Wildman–Crippen MR) is 58.2 cm³/mol. The summed E-state index contributed by atoms with van der Waals surface area (Å²) in [6.45, 7) is 6.32. The fourth-order valence-electron chi connectivity index (χ4n) is 1.09. The van der Waals surface area contributed by atoms with Gasteiger partial charge in [-0.1, -0.05) is 32.6 Å². The fraction of sp³-hybridized carbons (Fsp3) is 1.00. The second kappa shape index (κ2) is 8.08. The summed E-state index contributed by atoms with van der Waals surface area (Å²) in [7, 11) is -1.33. The molecular weight excluding hydrogens is 188 g/mol. The Labute approximate surface area is 82.9 Å². The number of unbranched alkanes of at least 4 members (excludes halogenated alkanes) is 3. The van der Waals surface area contributed by atoms with Gasteiger partial charge in [0.25, 0.3) is 8.35 Å². The predicted octanol–water partition coefficient (Wildman–Crippen LogP) is 3.45. The average Bonchev–Trinajstić information content (AvgIpc) is 1.97. The first-order valence-electron chi connectivity index (χ1n) is 4.96. The highest BCUT2D eigenvalue weighted by Gasteiger charge is 2.08. The van der Waals surface area contributed by atoms with Gasteiger partial charge in [0.05, 0.1) is 0 Å². The number of halogens is 1. The minimum Gasteiger partial charge on any atom is -0.403 e. The lowest BCUT2D eigenvalue weighted by atomic mass is 10.2. The maximum atomic E-state index is 6.07. The molecule has 0 spiro atoms. The highest BCUT2D eigenvalue weighted by molar-refractivity contribution is 7.03. The molecule has 0 radical (unpaired) electrons. The summed E-state index contributed by atoms with van der Waals surface area (Å²) in [6, 6.07) is 1.12. The highest BCUT2D eigenvalue weighted by atomic mass is 35.6. The van der Waals surface area contributed by atoms with Gasteiger partial charge in [-0.3, -0.25) is 0 Å². The molecule has 0 aromatic carbocycles. The van der Waals surface area contributed by atoms with Crippen molar-refractivity contribution in [2.45, 2.75) is 58.6 Å². The van der Waals surface area contributed by atoms with E-state index in [1.807, 2.05) is 0 Å². The summed E-state index contributed by atoms with van der Waals surface area (Å²) in [6.07, 6.45) is 5.50. The van der Waals surface area contributed by atoms with E-state index >= 15 is 0 Å². The van der Waals surface area contributed by atoms with Crippen molar-refractivity contribution < 1.29 is 4.43 Å². The molecule has 0 amide bonds. The van der Waals surface area contributed by atoms with E-state index in [0.29, 0.717) is 6.10 Å². The van der Waals surface area contributed by atoms with E-state index in [9.17, 15) is 0 Å². The van der Waals surface area contributed by atoms with Crippen LogP contribution < -0.4 is 0 Å². The maximum absolute atomic E-state index is 6.07. The Morgan fingerprint density at radius 2 is 1.92 bits per heavy atom. The highest BCUT2D eigenvalue weighted by Crippen LogP contribution is 2.10. The molecule has 0 rings (SSSR count). The van der Waals surface area contributed by atoms with Crippen molar-refractivity contribution in [1.82, 2.24) is 0 Å². The van der Waals surface area contributed by atoms with Crippen LogP contribution in [0, 0.1) is 0 Å². The lowest BCUT2D eigenvalue weighted by molar-refractivity contribution is 0.250. The molecule has 0 N–H and O–H groups in total. The van der Waals surface area contributed by atoms with E-state index < -0.39 is 8.35 Å². The van der Waals surface area contributed by atoms with Gasteiger partial charge in [-0.25, -0.2) is 0 Å². The minimum atomic E-state index is -1.33. The summed E-state index contributed by atoms with van der Waals surface area (Å²) in [5.74, 6) is 0. The van der Waals surface area contributed by atoms with Gasteiger partial charge >= 0.3 is 0 Å². The van der Waals surface area contributed by atoms with Gasteiger partial charge in [0.1, 0.15) is 0 Å². The Morgan fingerprint density at radius 1 is 1.25 bits per heavy atom. The summed E-state index contributed by atoms with van der Waals surface area (Å²) in [5, 5.41) is 0. The standard InChI is InChI=1S/C9H21ClOSi/c1-4-5-6-7-8-12(10)11-9(2)3/h9,12H,4-8H2,1-3H3. The van der Waals surface area contributed by atoms with Crippen molar-refractivity contribution in [1.29, 1.82) is 0 Å². The molecule has 0 saturated carbocycles. The molecule has 0 aromatic rings.